The van der Waals surface area contributed by atoms with Crippen LogP contribution in [-0.4, -0.2) is 63.8 Å². The molecule has 0 radical (unpaired) electrons. The van der Waals surface area contributed by atoms with Crippen LogP contribution >= 0.6 is 23.5 Å². The summed E-state index contributed by atoms with van der Waals surface area (Å²) in [5, 5.41) is 20.1. The van der Waals surface area contributed by atoms with Gasteiger partial charge in [-0.25, -0.2) is 4.79 Å². The van der Waals surface area contributed by atoms with Crippen LogP contribution in [0.15, 0.2) is 42.5 Å². The Balaban J connectivity index is 1.89. The molecular weight excluding hydrogens is 480 g/mol. The van der Waals surface area contributed by atoms with Crippen molar-refractivity contribution in [3.05, 3.63) is 48.0 Å². The van der Waals surface area contributed by atoms with Crippen molar-refractivity contribution in [2.45, 2.75) is 87.6 Å². The minimum atomic E-state index is -0.384. The number of carbonyl (C=O) groups is 1. The molecule has 198 valence electrons. The first-order chi connectivity index (χ1) is 16.9. The molecule has 0 aliphatic carbocycles. The van der Waals surface area contributed by atoms with Gasteiger partial charge in [-0.05, 0) is 68.1 Å². The van der Waals surface area contributed by atoms with Crippen molar-refractivity contribution >= 4 is 29.5 Å². The summed E-state index contributed by atoms with van der Waals surface area (Å²) in [6, 6.07) is 9.12. The van der Waals surface area contributed by atoms with Crippen molar-refractivity contribution in [2.75, 3.05) is 25.2 Å². The molecule has 2 rings (SSSR count). The Hall–Kier alpha value is -0.990. The van der Waals surface area contributed by atoms with Gasteiger partial charge in [-0.2, -0.15) is 0 Å². The summed E-state index contributed by atoms with van der Waals surface area (Å²) in [4.78, 5) is 12.6. The molecule has 1 aliphatic rings. The predicted molar refractivity (Wildman–Crippen MR) is 148 cm³/mol. The summed E-state index contributed by atoms with van der Waals surface area (Å²) in [7, 11) is 1.72. The molecule has 1 aromatic rings. The second kappa shape index (κ2) is 16.7. The molecule has 35 heavy (non-hydrogen) atoms. The van der Waals surface area contributed by atoms with Gasteiger partial charge in [-0.1, -0.05) is 50.6 Å². The van der Waals surface area contributed by atoms with Crippen molar-refractivity contribution in [2.24, 2.45) is 5.92 Å². The molecule has 7 heteroatoms. The third kappa shape index (κ3) is 11.3. The van der Waals surface area contributed by atoms with Crippen molar-refractivity contribution in [1.82, 2.24) is 0 Å². The molecule has 1 heterocycles. The molecule has 4 atom stereocenters. The fourth-order valence-corrected chi connectivity index (χ4v) is 8.03. The molecule has 0 unspecified atom stereocenters. The maximum absolute atomic E-state index is 12.6. The Morgan fingerprint density at radius 1 is 1.11 bits per heavy atom. The lowest BCUT2D eigenvalue weighted by Gasteiger charge is -2.37. The number of ether oxygens (including phenoxy) is 2. The SMILES string of the molecule is CCC[C@@H](C[C@H](C[C@H](C)C[C@@H](O)CC1(C/C=C\CO)SCCCS1)OC)OC(=O)c1ccccc1. The number of aliphatic hydroxyl groups excluding tert-OH is 2. The number of rotatable bonds is 16. The van der Waals surface area contributed by atoms with Gasteiger partial charge >= 0.3 is 5.97 Å². The topological polar surface area (TPSA) is 76.0 Å². The van der Waals surface area contributed by atoms with Crippen LogP contribution in [0, 0.1) is 5.92 Å². The third-order valence-corrected chi connectivity index (χ3v) is 9.77. The molecule has 0 bridgehead atoms. The van der Waals surface area contributed by atoms with Crippen LogP contribution in [0.4, 0.5) is 0 Å². The Morgan fingerprint density at radius 2 is 1.83 bits per heavy atom. The Bertz CT molecular complexity index is 736. The van der Waals surface area contributed by atoms with E-state index < -0.39 is 0 Å². The van der Waals surface area contributed by atoms with Crippen molar-refractivity contribution in [3.8, 4) is 0 Å². The highest BCUT2D eigenvalue weighted by Crippen LogP contribution is 2.48. The average Bonchev–Trinajstić information content (AvgIpc) is 2.84. The predicted octanol–water partition coefficient (Wildman–Crippen LogP) is 6.09. The molecule has 1 aliphatic heterocycles. The highest BCUT2D eigenvalue weighted by Gasteiger charge is 2.35. The highest BCUT2D eigenvalue weighted by molar-refractivity contribution is 8.18. The molecule has 0 aromatic heterocycles. The molecule has 1 aromatic carbocycles. The van der Waals surface area contributed by atoms with E-state index in [1.807, 2.05) is 47.8 Å². The fraction of sp³-hybridized carbons (Fsp3) is 0.679. The standard InChI is InChI=1S/C28H44O5S2/c1-4-11-25(33-27(31)23-12-6-5-7-13-23)20-26(32-3)19-22(2)18-24(30)21-28(14-8-9-15-29)34-16-10-17-35-28/h5-9,12-13,22,24-26,29-30H,4,10-11,14-21H2,1-3H3/b9-8-/t22-,24-,25+,26+/m1/s1. The smallest absolute Gasteiger partial charge is 0.338 e. The average molecular weight is 525 g/mol. The lowest BCUT2D eigenvalue weighted by Crippen LogP contribution is -2.31. The lowest BCUT2D eigenvalue weighted by molar-refractivity contribution is -0.00378. The monoisotopic (exact) mass is 524 g/mol. The van der Waals surface area contributed by atoms with Crippen LogP contribution in [0.1, 0.15) is 75.6 Å². The van der Waals surface area contributed by atoms with Gasteiger partial charge in [0.05, 0.1) is 28.5 Å². The Labute approximate surface area is 220 Å². The summed E-state index contributed by atoms with van der Waals surface area (Å²) in [6.07, 6.45) is 9.97. The van der Waals surface area contributed by atoms with E-state index in [0.717, 1.165) is 43.6 Å². The molecule has 0 spiro atoms. The second-order valence-corrected chi connectivity index (χ2v) is 12.7. The largest absolute Gasteiger partial charge is 0.459 e. The van der Waals surface area contributed by atoms with Crippen molar-refractivity contribution < 1.29 is 24.5 Å². The van der Waals surface area contributed by atoms with Crippen LogP contribution in [0.2, 0.25) is 0 Å². The number of benzene rings is 1. The number of allylic oxidation sites excluding steroid dienone is 1. The van der Waals surface area contributed by atoms with Gasteiger partial charge in [-0.3, -0.25) is 0 Å². The van der Waals surface area contributed by atoms with Crippen LogP contribution < -0.4 is 0 Å². The van der Waals surface area contributed by atoms with Gasteiger partial charge in [-0.15, -0.1) is 23.5 Å². The Morgan fingerprint density at radius 3 is 2.46 bits per heavy atom. The minimum Gasteiger partial charge on any atom is -0.459 e. The summed E-state index contributed by atoms with van der Waals surface area (Å²) >= 11 is 3.90. The molecular formula is C28H44O5S2. The maximum atomic E-state index is 12.6. The van der Waals surface area contributed by atoms with E-state index in [9.17, 15) is 9.90 Å². The van der Waals surface area contributed by atoms with Gasteiger partial charge in [0, 0.05) is 13.5 Å². The maximum Gasteiger partial charge on any atom is 0.338 e. The van der Waals surface area contributed by atoms with Gasteiger partial charge in [0.25, 0.3) is 0 Å². The Kier molecular flexibility index (Phi) is 14.4. The normalized spacial score (nSPS) is 19.2. The number of hydrogen-bond donors (Lipinski definition) is 2. The molecule has 5 nitrogen and oxygen atoms in total. The zero-order valence-corrected chi connectivity index (χ0v) is 23.2. The summed E-state index contributed by atoms with van der Waals surface area (Å²) < 4.78 is 11.6. The van der Waals surface area contributed by atoms with Crippen LogP contribution in [0.3, 0.4) is 0 Å². The number of thioether (sulfide) groups is 2. The number of methoxy groups -OCH3 is 1. The number of hydrogen-bond acceptors (Lipinski definition) is 7. The molecule has 2 N–H and O–H groups in total. The first-order valence-electron chi connectivity index (χ1n) is 12.9. The molecule has 1 fully saturated rings. The van der Waals surface area contributed by atoms with E-state index >= 15 is 0 Å². The second-order valence-electron chi connectivity index (χ2n) is 9.53. The van der Waals surface area contributed by atoms with Crippen LogP contribution in [0.5, 0.6) is 0 Å². The minimum absolute atomic E-state index is 0.0123. The van der Waals surface area contributed by atoms with Gasteiger partial charge in [0.1, 0.15) is 6.10 Å². The molecule has 0 saturated carbocycles. The summed E-state index contributed by atoms with van der Waals surface area (Å²) in [5.41, 5.74) is 0.570. The quantitative estimate of drug-likeness (QED) is 0.200. The zero-order chi connectivity index (χ0) is 25.5. The van der Waals surface area contributed by atoms with E-state index in [1.54, 1.807) is 25.3 Å². The lowest BCUT2D eigenvalue weighted by atomic mass is 9.92. The molecule has 0 amide bonds. The van der Waals surface area contributed by atoms with E-state index in [4.69, 9.17) is 14.6 Å². The number of carbonyl (C=O) groups excluding carboxylic acids is 1. The third-order valence-electron chi connectivity index (χ3n) is 6.36. The zero-order valence-electron chi connectivity index (χ0n) is 21.6. The van der Waals surface area contributed by atoms with Crippen LogP contribution in [-0.2, 0) is 9.47 Å². The van der Waals surface area contributed by atoms with E-state index in [1.165, 1.54) is 6.42 Å². The van der Waals surface area contributed by atoms with Crippen molar-refractivity contribution in [3.63, 3.8) is 0 Å². The van der Waals surface area contributed by atoms with Crippen molar-refractivity contribution in [1.29, 1.82) is 0 Å². The summed E-state index contributed by atoms with van der Waals surface area (Å²) in [6.45, 7) is 4.32. The van der Waals surface area contributed by atoms with E-state index in [2.05, 4.69) is 13.8 Å². The van der Waals surface area contributed by atoms with E-state index in [-0.39, 0.29) is 40.9 Å². The molecule has 1 saturated heterocycles. The highest BCUT2D eigenvalue weighted by atomic mass is 32.2. The summed E-state index contributed by atoms with van der Waals surface area (Å²) in [5.74, 6) is 2.24. The first-order valence-corrected chi connectivity index (χ1v) is 14.9. The van der Waals surface area contributed by atoms with Gasteiger partial charge in [0.2, 0.25) is 0 Å². The number of aliphatic hydroxyl groups is 2. The fourth-order valence-electron chi connectivity index (χ4n) is 4.65. The van der Waals surface area contributed by atoms with Gasteiger partial charge in [0.15, 0.2) is 0 Å². The first kappa shape index (κ1) is 30.2. The van der Waals surface area contributed by atoms with Gasteiger partial charge < -0.3 is 19.7 Å². The van der Waals surface area contributed by atoms with E-state index in [0.29, 0.717) is 18.4 Å². The van der Waals surface area contributed by atoms with Crippen LogP contribution in [0.25, 0.3) is 0 Å². The number of esters is 1.